The zero-order chi connectivity index (χ0) is 16.3. The lowest BCUT2D eigenvalue weighted by Crippen LogP contribution is -2.44. The standard InChI is InChI=1S/C17H27NO3S/c1-5-8-15-9-6-7-10-18(15)22(19,20)17-13(2)11-16(21-4)12-14(17)3/h11-12,15H,5-10H2,1-4H3. The average Bonchev–Trinajstić information content (AvgIpc) is 2.47. The van der Waals surface area contributed by atoms with Crippen LogP contribution in [0.4, 0.5) is 0 Å². The summed E-state index contributed by atoms with van der Waals surface area (Å²) in [6.07, 6.45) is 5.00. The van der Waals surface area contributed by atoms with Crippen LogP contribution in [0.15, 0.2) is 17.0 Å². The van der Waals surface area contributed by atoms with Gasteiger partial charge in [0.2, 0.25) is 10.0 Å². The molecular formula is C17H27NO3S. The minimum atomic E-state index is -3.44. The highest BCUT2D eigenvalue weighted by molar-refractivity contribution is 7.89. The number of ether oxygens (including phenoxy) is 1. The zero-order valence-corrected chi connectivity index (χ0v) is 14.9. The molecule has 4 nitrogen and oxygen atoms in total. The summed E-state index contributed by atoms with van der Waals surface area (Å²) in [7, 11) is -1.84. The predicted molar refractivity (Wildman–Crippen MR) is 88.9 cm³/mol. The summed E-state index contributed by atoms with van der Waals surface area (Å²) < 4.78 is 33.4. The second kappa shape index (κ2) is 7.01. The molecule has 0 amide bonds. The summed E-state index contributed by atoms with van der Waals surface area (Å²) in [6, 6.07) is 3.75. The van der Waals surface area contributed by atoms with Crippen LogP contribution in [0.3, 0.4) is 0 Å². The molecule has 2 rings (SSSR count). The Hall–Kier alpha value is -1.07. The maximum absolute atomic E-state index is 13.2. The Morgan fingerprint density at radius 2 is 1.86 bits per heavy atom. The summed E-state index contributed by atoms with van der Waals surface area (Å²) in [6.45, 7) is 6.45. The lowest BCUT2D eigenvalue weighted by molar-refractivity contribution is 0.239. The van der Waals surface area contributed by atoms with Crippen molar-refractivity contribution >= 4 is 10.0 Å². The highest BCUT2D eigenvalue weighted by Gasteiger charge is 2.34. The first kappa shape index (κ1) is 17.3. The van der Waals surface area contributed by atoms with Crippen molar-refractivity contribution in [3.63, 3.8) is 0 Å². The number of rotatable bonds is 5. The van der Waals surface area contributed by atoms with Crippen LogP contribution in [0, 0.1) is 13.8 Å². The largest absolute Gasteiger partial charge is 0.497 e. The summed E-state index contributed by atoms with van der Waals surface area (Å²) in [5.41, 5.74) is 1.52. The highest BCUT2D eigenvalue weighted by atomic mass is 32.2. The molecule has 22 heavy (non-hydrogen) atoms. The van der Waals surface area contributed by atoms with Crippen LogP contribution in [0.1, 0.15) is 50.2 Å². The van der Waals surface area contributed by atoms with E-state index in [0.29, 0.717) is 17.2 Å². The maximum atomic E-state index is 13.2. The second-order valence-electron chi connectivity index (χ2n) is 6.14. The number of nitrogens with zero attached hydrogens (tertiary/aromatic N) is 1. The van der Waals surface area contributed by atoms with E-state index in [4.69, 9.17) is 4.74 Å². The Morgan fingerprint density at radius 1 is 1.23 bits per heavy atom. The highest BCUT2D eigenvalue weighted by Crippen LogP contribution is 2.32. The summed E-state index contributed by atoms with van der Waals surface area (Å²) in [5.74, 6) is 0.706. The van der Waals surface area contributed by atoms with Gasteiger partial charge in [0.05, 0.1) is 12.0 Å². The van der Waals surface area contributed by atoms with E-state index in [9.17, 15) is 8.42 Å². The molecule has 0 N–H and O–H groups in total. The molecular weight excluding hydrogens is 298 g/mol. The molecule has 0 aliphatic carbocycles. The zero-order valence-electron chi connectivity index (χ0n) is 14.1. The normalized spacial score (nSPS) is 20.1. The van der Waals surface area contributed by atoms with E-state index in [0.717, 1.165) is 43.2 Å². The van der Waals surface area contributed by atoms with E-state index in [-0.39, 0.29) is 6.04 Å². The van der Waals surface area contributed by atoms with Crippen LogP contribution in [0.25, 0.3) is 0 Å². The van der Waals surface area contributed by atoms with Crippen molar-refractivity contribution in [3.8, 4) is 5.75 Å². The number of sulfonamides is 1. The predicted octanol–water partition coefficient (Wildman–Crippen LogP) is 3.66. The molecule has 0 spiro atoms. The molecule has 5 heteroatoms. The van der Waals surface area contributed by atoms with Crippen molar-refractivity contribution in [2.24, 2.45) is 0 Å². The van der Waals surface area contributed by atoms with Gasteiger partial charge in [0.1, 0.15) is 5.75 Å². The van der Waals surface area contributed by atoms with Gasteiger partial charge in [0.25, 0.3) is 0 Å². The Bertz CT molecular complexity index is 600. The van der Waals surface area contributed by atoms with Crippen molar-refractivity contribution in [1.29, 1.82) is 0 Å². The van der Waals surface area contributed by atoms with Crippen LogP contribution in [0.5, 0.6) is 5.75 Å². The van der Waals surface area contributed by atoms with Gasteiger partial charge in [-0.2, -0.15) is 4.31 Å². The van der Waals surface area contributed by atoms with Crippen molar-refractivity contribution in [1.82, 2.24) is 4.31 Å². The number of piperidine rings is 1. The van der Waals surface area contributed by atoms with Crippen LogP contribution < -0.4 is 4.74 Å². The van der Waals surface area contributed by atoms with E-state index in [2.05, 4.69) is 6.92 Å². The molecule has 1 fully saturated rings. The minimum absolute atomic E-state index is 0.143. The number of benzene rings is 1. The Balaban J connectivity index is 2.45. The van der Waals surface area contributed by atoms with Gasteiger partial charge in [-0.3, -0.25) is 0 Å². The third kappa shape index (κ3) is 3.30. The number of methoxy groups -OCH3 is 1. The molecule has 1 atom stereocenters. The summed E-state index contributed by atoms with van der Waals surface area (Å²) in [4.78, 5) is 0.455. The molecule has 1 aromatic carbocycles. The van der Waals surface area contributed by atoms with Gasteiger partial charge in [-0.25, -0.2) is 8.42 Å². The first-order valence-electron chi connectivity index (χ1n) is 8.09. The molecule has 0 aromatic heterocycles. The van der Waals surface area contributed by atoms with Crippen molar-refractivity contribution < 1.29 is 13.2 Å². The topological polar surface area (TPSA) is 46.6 Å². The van der Waals surface area contributed by atoms with E-state index in [1.54, 1.807) is 23.5 Å². The lowest BCUT2D eigenvalue weighted by Gasteiger charge is -2.35. The Labute approximate surface area is 134 Å². The molecule has 0 saturated carbocycles. The fourth-order valence-electron chi connectivity index (χ4n) is 3.46. The second-order valence-corrected chi connectivity index (χ2v) is 7.97. The summed E-state index contributed by atoms with van der Waals surface area (Å²) in [5, 5.41) is 0. The van der Waals surface area contributed by atoms with Crippen LogP contribution in [-0.2, 0) is 10.0 Å². The quantitative estimate of drug-likeness (QED) is 0.830. The molecule has 124 valence electrons. The van der Waals surface area contributed by atoms with E-state index < -0.39 is 10.0 Å². The minimum Gasteiger partial charge on any atom is -0.497 e. The molecule has 1 saturated heterocycles. The average molecular weight is 325 g/mol. The van der Waals surface area contributed by atoms with Gasteiger partial charge in [0.15, 0.2) is 0 Å². The number of aryl methyl sites for hydroxylation is 2. The Morgan fingerprint density at radius 3 is 2.41 bits per heavy atom. The van der Waals surface area contributed by atoms with Crippen LogP contribution in [0.2, 0.25) is 0 Å². The van der Waals surface area contributed by atoms with E-state index in [1.807, 2.05) is 13.8 Å². The van der Waals surface area contributed by atoms with Gasteiger partial charge in [-0.1, -0.05) is 19.8 Å². The van der Waals surface area contributed by atoms with Crippen molar-refractivity contribution in [3.05, 3.63) is 23.3 Å². The Kier molecular flexibility index (Phi) is 5.50. The first-order valence-corrected chi connectivity index (χ1v) is 9.53. The summed E-state index contributed by atoms with van der Waals surface area (Å²) >= 11 is 0. The fraction of sp³-hybridized carbons (Fsp3) is 0.647. The first-order chi connectivity index (χ1) is 10.4. The van der Waals surface area contributed by atoms with E-state index >= 15 is 0 Å². The molecule has 1 heterocycles. The van der Waals surface area contributed by atoms with Crippen LogP contribution in [-0.4, -0.2) is 32.4 Å². The van der Waals surface area contributed by atoms with Gasteiger partial charge in [-0.05, 0) is 56.4 Å². The van der Waals surface area contributed by atoms with Gasteiger partial charge in [-0.15, -0.1) is 0 Å². The fourth-order valence-corrected chi connectivity index (χ4v) is 5.60. The number of hydrogen-bond donors (Lipinski definition) is 0. The van der Waals surface area contributed by atoms with Crippen LogP contribution >= 0.6 is 0 Å². The molecule has 0 radical (unpaired) electrons. The monoisotopic (exact) mass is 325 g/mol. The lowest BCUT2D eigenvalue weighted by atomic mass is 10.0. The van der Waals surface area contributed by atoms with E-state index in [1.165, 1.54) is 0 Å². The molecule has 1 unspecified atom stereocenters. The van der Waals surface area contributed by atoms with Crippen molar-refractivity contribution in [2.45, 2.75) is 63.8 Å². The molecule has 1 aliphatic heterocycles. The molecule has 1 aromatic rings. The van der Waals surface area contributed by atoms with Gasteiger partial charge in [0, 0.05) is 12.6 Å². The van der Waals surface area contributed by atoms with Gasteiger partial charge < -0.3 is 4.74 Å². The van der Waals surface area contributed by atoms with Gasteiger partial charge >= 0.3 is 0 Å². The number of hydrogen-bond acceptors (Lipinski definition) is 3. The SMILES string of the molecule is CCCC1CCCCN1S(=O)(=O)c1c(C)cc(OC)cc1C. The third-order valence-electron chi connectivity index (χ3n) is 4.43. The van der Waals surface area contributed by atoms with Crippen molar-refractivity contribution in [2.75, 3.05) is 13.7 Å². The maximum Gasteiger partial charge on any atom is 0.243 e. The molecule has 1 aliphatic rings. The smallest absolute Gasteiger partial charge is 0.243 e. The third-order valence-corrected chi connectivity index (χ3v) is 6.69. The molecule has 0 bridgehead atoms.